The second-order valence-corrected chi connectivity index (χ2v) is 3.23. The van der Waals surface area contributed by atoms with Gasteiger partial charge in [-0.05, 0) is 20.8 Å². The van der Waals surface area contributed by atoms with E-state index in [0.717, 1.165) is 0 Å². The zero-order valence-electron chi connectivity index (χ0n) is 7.69. The van der Waals surface area contributed by atoms with Gasteiger partial charge in [0.25, 0.3) is 0 Å². The maximum absolute atomic E-state index is 5.22. The molecule has 0 heterocycles. The van der Waals surface area contributed by atoms with Crippen molar-refractivity contribution in [2.24, 2.45) is 0 Å². The molecule has 0 radical (unpaired) electrons. The van der Waals surface area contributed by atoms with Crippen LogP contribution in [0.4, 0.5) is 4.70 Å². The molecule has 0 aromatic carbocycles. The van der Waals surface area contributed by atoms with Crippen LogP contribution in [0.2, 0.25) is 0 Å². The van der Waals surface area contributed by atoms with Crippen LogP contribution in [0, 0.1) is 0 Å². The monoisotopic (exact) mass is 286 g/mol. The largest absolute Gasteiger partial charge is 0.484 e. The van der Waals surface area contributed by atoms with Crippen LogP contribution >= 0.6 is 0 Å². The Kier molecular flexibility index (Phi) is 21.8. The predicted molar refractivity (Wildman–Crippen MR) is 44.5 cm³/mol. The minimum absolute atomic E-state index is 0. The third-order valence-corrected chi connectivity index (χ3v) is 2.72. The van der Waals surface area contributed by atoms with Gasteiger partial charge in [-0.1, -0.05) is 0 Å². The molecule has 0 aliphatic heterocycles. The average Bonchev–Trinajstić information content (AvgIpc) is 1.90. The quantitative estimate of drug-likeness (QED) is 0.681. The molecule has 0 bridgehead atoms. The molecular formula is C6H17FO3RuSi. The molecule has 0 rings (SSSR count). The Morgan fingerprint density at radius 3 is 1.25 bits per heavy atom. The second-order valence-electron chi connectivity index (χ2n) is 1.65. The molecule has 0 spiro atoms. The van der Waals surface area contributed by atoms with Crippen molar-refractivity contribution < 1.29 is 37.5 Å². The van der Waals surface area contributed by atoms with Crippen LogP contribution < -0.4 is 0 Å². The molecule has 0 saturated heterocycles. The Bertz CT molecular complexity index is 65.5. The standard InChI is InChI=1S/C6H16O3Si.FH.Ru/c1-4-7-10(8-5-2)9-6-3;;/h10H,4-6H2,1-3H3;1H;. The van der Waals surface area contributed by atoms with E-state index in [4.69, 9.17) is 13.3 Å². The molecule has 0 N–H and O–H groups in total. The van der Waals surface area contributed by atoms with Crippen molar-refractivity contribution in [3.05, 3.63) is 0 Å². The van der Waals surface area contributed by atoms with E-state index in [1.54, 1.807) is 0 Å². The Morgan fingerprint density at radius 1 is 0.833 bits per heavy atom. The van der Waals surface area contributed by atoms with Crippen molar-refractivity contribution >= 4 is 9.53 Å². The topological polar surface area (TPSA) is 27.7 Å². The fourth-order valence-electron chi connectivity index (χ4n) is 0.553. The molecule has 6 heteroatoms. The predicted octanol–water partition coefficient (Wildman–Crippen LogP) is 0.963. The van der Waals surface area contributed by atoms with Crippen LogP contribution in [-0.4, -0.2) is 29.3 Å². The van der Waals surface area contributed by atoms with Gasteiger partial charge in [0.05, 0.1) is 0 Å². The van der Waals surface area contributed by atoms with Crippen LogP contribution in [-0.2, 0) is 32.8 Å². The Morgan fingerprint density at radius 2 is 1.08 bits per heavy atom. The van der Waals surface area contributed by atoms with Crippen LogP contribution in [0.25, 0.3) is 0 Å². The first-order chi connectivity index (χ1) is 4.85. The Labute approximate surface area is 87.9 Å². The smallest absolute Gasteiger partial charge is 0.376 e. The summed E-state index contributed by atoms with van der Waals surface area (Å²) in [6, 6.07) is 0. The second kappa shape index (κ2) is 14.2. The van der Waals surface area contributed by atoms with Gasteiger partial charge >= 0.3 is 9.53 Å². The summed E-state index contributed by atoms with van der Waals surface area (Å²) in [5, 5.41) is 0. The number of rotatable bonds is 6. The summed E-state index contributed by atoms with van der Waals surface area (Å²) < 4.78 is 15.7. The molecular weight excluding hydrogens is 268 g/mol. The van der Waals surface area contributed by atoms with Gasteiger partial charge in [-0.3, -0.25) is 4.70 Å². The van der Waals surface area contributed by atoms with Gasteiger partial charge in [-0.15, -0.1) is 0 Å². The molecule has 0 unspecified atom stereocenters. The fraction of sp³-hybridized carbons (Fsp3) is 1.00. The van der Waals surface area contributed by atoms with E-state index in [2.05, 4.69) is 0 Å². The van der Waals surface area contributed by atoms with E-state index in [1.807, 2.05) is 20.8 Å². The number of hydrogen-bond donors (Lipinski definition) is 0. The maximum Gasteiger partial charge on any atom is 0.484 e. The summed E-state index contributed by atoms with van der Waals surface area (Å²) >= 11 is 0. The number of halogens is 1. The Balaban J connectivity index is -0.000000405. The molecule has 0 aliphatic rings. The van der Waals surface area contributed by atoms with Gasteiger partial charge in [0.15, 0.2) is 0 Å². The zero-order chi connectivity index (χ0) is 7.82. The van der Waals surface area contributed by atoms with Crippen molar-refractivity contribution in [2.75, 3.05) is 19.8 Å². The van der Waals surface area contributed by atoms with Gasteiger partial charge in [0.1, 0.15) is 0 Å². The van der Waals surface area contributed by atoms with Gasteiger partial charge in [0.2, 0.25) is 0 Å². The molecule has 3 nitrogen and oxygen atoms in total. The summed E-state index contributed by atoms with van der Waals surface area (Å²) in [5.74, 6) is 0. The fourth-order valence-corrected chi connectivity index (χ4v) is 1.66. The molecule has 0 amide bonds. The van der Waals surface area contributed by atoms with Crippen LogP contribution in [0.1, 0.15) is 20.8 Å². The van der Waals surface area contributed by atoms with E-state index >= 15 is 0 Å². The molecule has 0 saturated carbocycles. The Hall–Kier alpha value is 0.650. The number of hydrogen-bond acceptors (Lipinski definition) is 3. The van der Waals surface area contributed by atoms with Gasteiger partial charge < -0.3 is 13.3 Å². The average molecular weight is 285 g/mol. The molecule has 12 heavy (non-hydrogen) atoms. The van der Waals surface area contributed by atoms with Crippen molar-refractivity contribution in [1.29, 1.82) is 0 Å². The van der Waals surface area contributed by atoms with Gasteiger partial charge in [-0.25, -0.2) is 0 Å². The maximum atomic E-state index is 5.22. The minimum Gasteiger partial charge on any atom is -0.376 e. The molecule has 0 atom stereocenters. The summed E-state index contributed by atoms with van der Waals surface area (Å²) in [7, 11) is -1.73. The summed E-state index contributed by atoms with van der Waals surface area (Å²) in [4.78, 5) is 0. The zero-order valence-corrected chi connectivity index (χ0v) is 10.6. The first-order valence-corrected chi connectivity index (χ1v) is 5.11. The van der Waals surface area contributed by atoms with E-state index < -0.39 is 9.53 Å². The van der Waals surface area contributed by atoms with E-state index in [9.17, 15) is 0 Å². The molecule has 0 aromatic heterocycles. The van der Waals surface area contributed by atoms with Crippen molar-refractivity contribution in [3.63, 3.8) is 0 Å². The first kappa shape index (κ1) is 18.4. The van der Waals surface area contributed by atoms with Crippen LogP contribution in [0.15, 0.2) is 0 Å². The summed E-state index contributed by atoms with van der Waals surface area (Å²) in [5.41, 5.74) is 0. The SMILES string of the molecule is CCO[SiH](OCC)OCC.F.[Ru]. The summed E-state index contributed by atoms with van der Waals surface area (Å²) in [6.07, 6.45) is 0. The third kappa shape index (κ3) is 10.7. The van der Waals surface area contributed by atoms with Crippen LogP contribution in [0.3, 0.4) is 0 Å². The molecule has 0 fully saturated rings. The third-order valence-electron chi connectivity index (χ3n) is 0.908. The van der Waals surface area contributed by atoms with Gasteiger partial charge in [0, 0.05) is 39.3 Å². The molecule has 78 valence electrons. The van der Waals surface area contributed by atoms with Crippen LogP contribution in [0.5, 0.6) is 0 Å². The van der Waals surface area contributed by atoms with Crippen molar-refractivity contribution in [2.45, 2.75) is 20.8 Å². The van der Waals surface area contributed by atoms with Crippen molar-refractivity contribution in [3.8, 4) is 0 Å². The van der Waals surface area contributed by atoms with E-state index in [1.165, 1.54) is 0 Å². The first-order valence-electron chi connectivity index (χ1n) is 3.69. The van der Waals surface area contributed by atoms with E-state index in [-0.39, 0.29) is 24.2 Å². The summed E-state index contributed by atoms with van der Waals surface area (Å²) in [6.45, 7) is 7.86. The normalized spacial score (nSPS) is 9.00. The van der Waals surface area contributed by atoms with Gasteiger partial charge in [-0.2, -0.15) is 0 Å². The molecule has 0 aromatic rings. The van der Waals surface area contributed by atoms with Crippen molar-refractivity contribution in [1.82, 2.24) is 0 Å². The van der Waals surface area contributed by atoms with E-state index in [0.29, 0.717) is 19.8 Å². The minimum atomic E-state index is -1.73. The molecule has 0 aliphatic carbocycles.